The van der Waals surface area contributed by atoms with Gasteiger partial charge in [-0.1, -0.05) is 19.9 Å². The van der Waals surface area contributed by atoms with Crippen LogP contribution in [0.15, 0.2) is 23.8 Å². The Morgan fingerprint density at radius 3 is 2.59 bits per heavy atom. The zero-order valence-corrected chi connectivity index (χ0v) is 17.8. The second-order valence-corrected chi connectivity index (χ2v) is 10.6. The number of carbonyl (C=O) groups is 2. The van der Waals surface area contributed by atoms with E-state index in [1.165, 1.54) is 12.2 Å². The molecular weight excluding hydrogens is 422 g/mol. The molecule has 0 aromatic rings. The number of hydrogen-bond donors (Lipinski definition) is 3. The molecule has 29 heavy (non-hydrogen) atoms. The van der Waals surface area contributed by atoms with Crippen molar-refractivity contribution >= 4 is 34.8 Å². The lowest BCUT2D eigenvalue weighted by molar-refractivity contribution is -0.176. The molecule has 3 fully saturated rings. The minimum atomic E-state index is -2.18. The van der Waals surface area contributed by atoms with Gasteiger partial charge in [0.25, 0.3) is 0 Å². The molecule has 0 radical (unpaired) electrons. The first kappa shape index (κ1) is 21.4. The molecule has 0 amide bonds. The average Bonchev–Trinajstić information content (AvgIpc) is 2.86. The van der Waals surface area contributed by atoms with Gasteiger partial charge >= 0.3 is 0 Å². The van der Waals surface area contributed by atoms with Crippen LogP contribution < -0.4 is 0 Å². The van der Waals surface area contributed by atoms with E-state index in [1.54, 1.807) is 19.9 Å². The number of carbonyl (C=O) groups excluding carboxylic acids is 2. The van der Waals surface area contributed by atoms with Crippen LogP contribution in [0.25, 0.3) is 0 Å². The first-order valence-electron chi connectivity index (χ1n) is 9.84. The van der Waals surface area contributed by atoms with Crippen LogP contribution in [0.4, 0.5) is 4.39 Å². The topological polar surface area (TPSA) is 94.8 Å². The fraction of sp³-hybridized carbons (Fsp3) is 0.714. The molecule has 8 heteroatoms. The Kier molecular flexibility index (Phi) is 4.70. The third kappa shape index (κ3) is 2.33. The smallest absolute Gasteiger partial charge is 0.192 e. The van der Waals surface area contributed by atoms with Crippen molar-refractivity contribution < 1.29 is 29.3 Å². The highest BCUT2D eigenvalue weighted by Gasteiger charge is 2.76. The molecule has 4 aliphatic carbocycles. The summed E-state index contributed by atoms with van der Waals surface area (Å²) in [7, 11) is 0. The molecule has 0 spiro atoms. The maximum absolute atomic E-state index is 15.3. The van der Waals surface area contributed by atoms with Gasteiger partial charge in [0.05, 0.1) is 16.4 Å². The molecule has 4 rings (SSSR count). The van der Waals surface area contributed by atoms with Gasteiger partial charge in [0, 0.05) is 10.8 Å². The minimum Gasteiger partial charge on any atom is -0.390 e. The molecule has 3 saturated carbocycles. The van der Waals surface area contributed by atoms with Gasteiger partial charge in [0.15, 0.2) is 17.2 Å². The molecular formula is C21H25Cl2FO5. The fourth-order valence-corrected chi connectivity index (χ4v) is 7.98. The lowest BCUT2D eigenvalue weighted by atomic mass is 9.46. The van der Waals surface area contributed by atoms with Crippen LogP contribution in [0.1, 0.15) is 33.1 Å². The molecule has 0 heterocycles. The maximum atomic E-state index is 15.3. The molecule has 0 saturated heterocycles. The van der Waals surface area contributed by atoms with Gasteiger partial charge < -0.3 is 15.3 Å². The third-order valence-electron chi connectivity index (χ3n) is 8.37. The number of ketones is 2. The quantitative estimate of drug-likeness (QED) is 0.564. The van der Waals surface area contributed by atoms with E-state index in [-0.39, 0.29) is 25.0 Å². The highest BCUT2D eigenvalue weighted by Crippen LogP contribution is 2.71. The van der Waals surface area contributed by atoms with E-state index in [0.717, 1.165) is 0 Å². The summed E-state index contributed by atoms with van der Waals surface area (Å²) < 4.78 is 15.3. The van der Waals surface area contributed by atoms with Crippen LogP contribution in [-0.2, 0) is 9.59 Å². The Hall–Kier alpha value is -0.790. The first-order valence-corrected chi connectivity index (χ1v) is 10.7. The van der Waals surface area contributed by atoms with Gasteiger partial charge in [-0.3, -0.25) is 9.59 Å². The molecule has 9 atom stereocenters. The minimum absolute atomic E-state index is 0.0222. The number of fused-ring (bicyclic) bond motifs is 5. The number of Topliss-reactive ketones (excluding diaryl/α,β-unsaturated/α-hetero) is 1. The average molecular weight is 447 g/mol. The summed E-state index contributed by atoms with van der Waals surface area (Å²) >= 11 is 14.1. The summed E-state index contributed by atoms with van der Waals surface area (Å²) in [5, 5.41) is 30.5. The van der Waals surface area contributed by atoms with Crippen LogP contribution in [0, 0.1) is 22.7 Å². The van der Waals surface area contributed by atoms with Gasteiger partial charge in [0.2, 0.25) is 0 Å². The number of rotatable bonds is 2. The van der Waals surface area contributed by atoms with Crippen molar-refractivity contribution in [1.82, 2.24) is 0 Å². The van der Waals surface area contributed by atoms with Crippen molar-refractivity contribution in [3.8, 4) is 0 Å². The van der Waals surface area contributed by atoms with Gasteiger partial charge in [-0.25, -0.2) is 4.39 Å². The van der Waals surface area contributed by atoms with Crippen molar-refractivity contribution in [3.05, 3.63) is 23.8 Å². The number of hydrogen-bond acceptors (Lipinski definition) is 5. The summed E-state index contributed by atoms with van der Waals surface area (Å²) in [5.41, 5.74) is -4.08. The number of alkyl halides is 3. The lowest BCUT2D eigenvalue weighted by Crippen LogP contribution is -2.69. The van der Waals surface area contributed by atoms with Crippen molar-refractivity contribution in [1.29, 1.82) is 0 Å². The van der Waals surface area contributed by atoms with E-state index in [1.807, 2.05) is 0 Å². The van der Waals surface area contributed by atoms with Gasteiger partial charge in [-0.15, -0.1) is 23.2 Å². The molecule has 0 aromatic carbocycles. The van der Waals surface area contributed by atoms with Crippen LogP contribution in [0.2, 0.25) is 0 Å². The predicted octanol–water partition coefficient (Wildman–Crippen LogP) is 2.08. The monoisotopic (exact) mass is 446 g/mol. The van der Waals surface area contributed by atoms with Gasteiger partial charge in [-0.2, -0.15) is 0 Å². The Labute approximate surface area is 178 Å². The molecule has 4 aliphatic rings. The lowest BCUT2D eigenvalue weighted by Gasteiger charge is -2.64. The van der Waals surface area contributed by atoms with Gasteiger partial charge in [0.1, 0.15) is 12.8 Å². The Bertz CT molecular complexity index is 845. The Morgan fingerprint density at radius 2 is 1.97 bits per heavy atom. The summed E-state index contributed by atoms with van der Waals surface area (Å²) in [6.07, 6.45) is 1.55. The van der Waals surface area contributed by atoms with E-state index >= 15 is 4.39 Å². The van der Waals surface area contributed by atoms with E-state index in [9.17, 15) is 24.9 Å². The molecule has 5 unspecified atom stereocenters. The van der Waals surface area contributed by atoms with Crippen molar-refractivity contribution in [2.45, 2.75) is 61.2 Å². The van der Waals surface area contributed by atoms with Crippen molar-refractivity contribution in [2.24, 2.45) is 22.7 Å². The zero-order chi connectivity index (χ0) is 21.6. The molecule has 3 N–H and O–H groups in total. The van der Waals surface area contributed by atoms with E-state index in [4.69, 9.17) is 23.2 Å². The van der Waals surface area contributed by atoms with Crippen molar-refractivity contribution in [2.75, 3.05) is 6.61 Å². The second kappa shape index (κ2) is 6.36. The van der Waals surface area contributed by atoms with Crippen LogP contribution in [0.5, 0.6) is 0 Å². The second-order valence-electron chi connectivity index (χ2n) is 9.41. The molecule has 0 aliphatic heterocycles. The molecule has 160 valence electrons. The molecule has 0 aromatic heterocycles. The standard InChI is InChI=1S/C21H25Cl2FO5/c1-18-4-3-10(26)5-13(18)14(24)6-12-11-7-16(27)21(29,17(28)9-25)19(11,2)8-15(22)20(12,18)23/h3-5,11-12,14-16,25,27,29H,6-9H2,1-2H3/t11?,12?,14-,15?,16+,18?,19?,20-,21-/m0/s1. The van der Waals surface area contributed by atoms with Gasteiger partial charge in [-0.05, 0) is 48.8 Å². The Balaban J connectivity index is 1.87. The summed E-state index contributed by atoms with van der Waals surface area (Å²) in [6.45, 7) is 2.51. The predicted molar refractivity (Wildman–Crippen MR) is 105 cm³/mol. The SMILES string of the molecule is CC12C=CC(=O)C=C1[C@@H](F)CC1C3C[C@@H](O)[C@](O)(C(=O)CO)C3(C)CC(Cl)[C@@]12Cl. The summed E-state index contributed by atoms with van der Waals surface area (Å²) in [4.78, 5) is 23.2. The molecule has 0 bridgehead atoms. The van der Waals surface area contributed by atoms with E-state index in [2.05, 4.69) is 0 Å². The highest BCUT2D eigenvalue weighted by molar-refractivity contribution is 6.34. The van der Waals surface area contributed by atoms with Crippen LogP contribution in [-0.4, -0.2) is 61.6 Å². The fourth-order valence-electron chi connectivity index (χ4n) is 6.78. The van der Waals surface area contributed by atoms with Crippen LogP contribution >= 0.6 is 23.2 Å². The number of halogens is 3. The number of aliphatic hydroxyl groups excluding tert-OH is 2. The molecule has 5 nitrogen and oxygen atoms in total. The first-order chi connectivity index (χ1) is 13.4. The van der Waals surface area contributed by atoms with E-state index < -0.39 is 63.2 Å². The normalized spacial score (nSPS) is 53.7. The Morgan fingerprint density at radius 1 is 1.31 bits per heavy atom. The zero-order valence-electron chi connectivity index (χ0n) is 16.2. The number of aliphatic hydroxyl groups is 3. The highest BCUT2D eigenvalue weighted by atomic mass is 35.5. The summed E-state index contributed by atoms with van der Waals surface area (Å²) in [5.74, 6) is -2.22. The summed E-state index contributed by atoms with van der Waals surface area (Å²) in [6, 6.07) is 0. The van der Waals surface area contributed by atoms with Crippen molar-refractivity contribution in [3.63, 3.8) is 0 Å². The van der Waals surface area contributed by atoms with Crippen LogP contribution in [0.3, 0.4) is 0 Å². The third-order valence-corrected chi connectivity index (χ3v) is 9.92. The number of allylic oxidation sites excluding steroid dienone is 4. The maximum Gasteiger partial charge on any atom is 0.192 e. The largest absolute Gasteiger partial charge is 0.390 e. The van der Waals surface area contributed by atoms with E-state index in [0.29, 0.717) is 5.57 Å².